The van der Waals surface area contributed by atoms with Gasteiger partial charge in [0.25, 0.3) is 0 Å². The fourth-order valence-corrected chi connectivity index (χ4v) is 3.45. The second-order valence-corrected chi connectivity index (χ2v) is 7.25. The first-order valence-electron chi connectivity index (χ1n) is 6.98. The van der Waals surface area contributed by atoms with E-state index in [0.29, 0.717) is 0 Å². The molecule has 2 aromatic rings. The number of hydrogen-bond donors (Lipinski definition) is 1. The van der Waals surface area contributed by atoms with Gasteiger partial charge in [0.05, 0.1) is 6.54 Å². The Hall–Kier alpha value is -0.840. The van der Waals surface area contributed by atoms with Crippen molar-refractivity contribution < 1.29 is 0 Å². The molecule has 0 aliphatic heterocycles. The van der Waals surface area contributed by atoms with Crippen LogP contribution < -0.4 is 10.2 Å². The van der Waals surface area contributed by atoms with Crippen molar-refractivity contribution in [3.63, 3.8) is 0 Å². The molecule has 1 aromatic carbocycles. The Morgan fingerprint density at radius 3 is 2.85 bits per heavy atom. The van der Waals surface area contributed by atoms with Crippen LogP contribution in [0.2, 0.25) is 0 Å². The highest BCUT2D eigenvalue weighted by atomic mass is 79.9. The van der Waals surface area contributed by atoms with Crippen LogP contribution in [0.25, 0.3) is 0 Å². The fraction of sp³-hybridized carbons (Fsp3) is 0.375. The molecule has 1 aliphatic rings. The molecule has 4 heteroatoms. The van der Waals surface area contributed by atoms with Gasteiger partial charge >= 0.3 is 0 Å². The Morgan fingerprint density at radius 1 is 1.35 bits per heavy atom. The zero-order valence-corrected chi connectivity index (χ0v) is 14.0. The van der Waals surface area contributed by atoms with Gasteiger partial charge in [0, 0.05) is 34.7 Å². The average Bonchev–Trinajstić information content (AvgIpc) is 3.13. The normalized spacial score (nSPS) is 14.5. The van der Waals surface area contributed by atoms with Crippen molar-refractivity contribution in [3.05, 3.63) is 50.6 Å². The van der Waals surface area contributed by atoms with Gasteiger partial charge in [-0.05, 0) is 42.0 Å². The van der Waals surface area contributed by atoms with Gasteiger partial charge in [-0.25, -0.2) is 0 Å². The van der Waals surface area contributed by atoms with Gasteiger partial charge < -0.3 is 10.2 Å². The largest absolute Gasteiger partial charge is 0.369 e. The Kier molecular flexibility index (Phi) is 4.44. The van der Waals surface area contributed by atoms with E-state index in [2.05, 4.69) is 68.9 Å². The van der Waals surface area contributed by atoms with E-state index < -0.39 is 0 Å². The maximum atomic E-state index is 3.70. The van der Waals surface area contributed by atoms with E-state index in [1.807, 2.05) is 11.3 Å². The molecule has 1 heterocycles. The first-order valence-corrected chi connectivity index (χ1v) is 8.65. The van der Waals surface area contributed by atoms with Gasteiger partial charge in [0.1, 0.15) is 0 Å². The van der Waals surface area contributed by atoms with Crippen molar-refractivity contribution in [1.82, 2.24) is 5.32 Å². The standard InChI is InChI=1S/C16H19BrN2S/c1-19(11-15-3-2-8-20-15)14-7-4-12(16(17)9-14)10-18-13-5-6-13/h2-4,7-9,13,18H,5-6,10-11H2,1H3. The van der Waals surface area contributed by atoms with Crippen LogP contribution in [-0.2, 0) is 13.1 Å². The minimum Gasteiger partial charge on any atom is -0.369 e. The zero-order chi connectivity index (χ0) is 13.9. The molecule has 0 unspecified atom stereocenters. The highest BCUT2D eigenvalue weighted by molar-refractivity contribution is 9.10. The summed E-state index contributed by atoms with van der Waals surface area (Å²) in [5.41, 5.74) is 2.59. The second-order valence-electron chi connectivity index (χ2n) is 5.37. The topological polar surface area (TPSA) is 15.3 Å². The Balaban J connectivity index is 1.65. The molecule has 106 valence electrons. The van der Waals surface area contributed by atoms with Crippen molar-refractivity contribution >= 4 is 33.0 Å². The summed E-state index contributed by atoms with van der Waals surface area (Å²) in [4.78, 5) is 3.68. The maximum Gasteiger partial charge on any atom is 0.0519 e. The summed E-state index contributed by atoms with van der Waals surface area (Å²) in [5.74, 6) is 0. The molecule has 20 heavy (non-hydrogen) atoms. The van der Waals surface area contributed by atoms with Gasteiger partial charge in [0.15, 0.2) is 0 Å². The van der Waals surface area contributed by atoms with Crippen LogP contribution in [0.4, 0.5) is 5.69 Å². The van der Waals surface area contributed by atoms with E-state index >= 15 is 0 Å². The quantitative estimate of drug-likeness (QED) is 0.830. The summed E-state index contributed by atoms with van der Waals surface area (Å²) < 4.78 is 1.20. The SMILES string of the molecule is CN(Cc1cccs1)c1ccc(CNC2CC2)c(Br)c1. The number of nitrogens with one attached hydrogen (secondary N) is 1. The lowest BCUT2D eigenvalue weighted by Crippen LogP contribution is -2.17. The van der Waals surface area contributed by atoms with E-state index in [-0.39, 0.29) is 0 Å². The molecule has 0 spiro atoms. The van der Waals surface area contributed by atoms with Crippen LogP contribution >= 0.6 is 27.3 Å². The molecular weight excluding hydrogens is 332 g/mol. The molecule has 0 radical (unpaired) electrons. The number of rotatable bonds is 6. The smallest absolute Gasteiger partial charge is 0.0519 e. The summed E-state index contributed by atoms with van der Waals surface area (Å²) in [6, 6.07) is 11.7. The molecular formula is C16H19BrN2S. The number of anilines is 1. The molecule has 0 bridgehead atoms. The maximum absolute atomic E-state index is 3.70. The number of halogens is 1. The summed E-state index contributed by atoms with van der Waals surface area (Å²) in [6.45, 7) is 1.92. The number of nitrogens with zero attached hydrogens (tertiary/aromatic N) is 1. The Labute approximate surface area is 132 Å². The zero-order valence-electron chi connectivity index (χ0n) is 11.6. The van der Waals surface area contributed by atoms with Crippen molar-refractivity contribution in [2.75, 3.05) is 11.9 Å². The first kappa shape index (κ1) is 14.1. The highest BCUT2D eigenvalue weighted by Gasteiger charge is 2.20. The van der Waals surface area contributed by atoms with Crippen LogP contribution in [0.1, 0.15) is 23.3 Å². The van der Waals surface area contributed by atoms with Crippen molar-refractivity contribution in [3.8, 4) is 0 Å². The summed E-state index contributed by atoms with van der Waals surface area (Å²) in [6.07, 6.45) is 2.67. The molecule has 1 aromatic heterocycles. The summed E-state index contributed by atoms with van der Waals surface area (Å²) in [7, 11) is 2.14. The predicted octanol–water partition coefficient (Wildman–Crippen LogP) is 4.40. The number of hydrogen-bond acceptors (Lipinski definition) is 3. The monoisotopic (exact) mass is 350 g/mol. The molecule has 1 fully saturated rings. The van der Waals surface area contributed by atoms with E-state index in [1.54, 1.807) is 0 Å². The third kappa shape index (κ3) is 3.62. The predicted molar refractivity (Wildman–Crippen MR) is 90.4 cm³/mol. The Morgan fingerprint density at radius 2 is 2.20 bits per heavy atom. The molecule has 2 nitrogen and oxygen atoms in total. The molecule has 0 saturated heterocycles. The van der Waals surface area contributed by atoms with Gasteiger partial charge in [-0.1, -0.05) is 28.1 Å². The van der Waals surface area contributed by atoms with E-state index in [1.165, 1.54) is 33.4 Å². The van der Waals surface area contributed by atoms with Crippen molar-refractivity contribution in [2.24, 2.45) is 0 Å². The molecule has 1 aliphatic carbocycles. The third-order valence-corrected chi connectivity index (χ3v) is 5.21. The third-order valence-electron chi connectivity index (χ3n) is 3.61. The highest BCUT2D eigenvalue weighted by Crippen LogP contribution is 2.26. The van der Waals surface area contributed by atoms with E-state index in [4.69, 9.17) is 0 Å². The fourth-order valence-electron chi connectivity index (χ4n) is 2.19. The van der Waals surface area contributed by atoms with Gasteiger partial charge in [-0.2, -0.15) is 0 Å². The lowest BCUT2D eigenvalue weighted by atomic mass is 10.2. The average molecular weight is 351 g/mol. The number of thiophene rings is 1. The lowest BCUT2D eigenvalue weighted by molar-refractivity contribution is 0.686. The first-order chi connectivity index (χ1) is 9.72. The van der Waals surface area contributed by atoms with Crippen LogP contribution in [0.5, 0.6) is 0 Å². The summed E-state index contributed by atoms with van der Waals surface area (Å²) in [5, 5.41) is 5.69. The summed E-state index contributed by atoms with van der Waals surface area (Å²) >= 11 is 5.51. The van der Waals surface area contributed by atoms with Crippen LogP contribution in [-0.4, -0.2) is 13.1 Å². The second kappa shape index (κ2) is 6.29. The minimum atomic E-state index is 0.753. The molecule has 0 amide bonds. The molecule has 3 rings (SSSR count). The van der Waals surface area contributed by atoms with Crippen molar-refractivity contribution in [2.45, 2.75) is 32.0 Å². The molecule has 1 N–H and O–H groups in total. The van der Waals surface area contributed by atoms with E-state index in [0.717, 1.165) is 19.1 Å². The van der Waals surface area contributed by atoms with Crippen molar-refractivity contribution in [1.29, 1.82) is 0 Å². The molecule has 0 atom stereocenters. The van der Waals surface area contributed by atoms with Crippen LogP contribution in [0.3, 0.4) is 0 Å². The van der Waals surface area contributed by atoms with Gasteiger partial charge in [-0.3, -0.25) is 0 Å². The molecule has 1 saturated carbocycles. The van der Waals surface area contributed by atoms with Crippen LogP contribution in [0, 0.1) is 0 Å². The van der Waals surface area contributed by atoms with Crippen LogP contribution in [0.15, 0.2) is 40.2 Å². The number of benzene rings is 1. The van der Waals surface area contributed by atoms with E-state index in [9.17, 15) is 0 Å². The lowest BCUT2D eigenvalue weighted by Gasteiger charge is -2.19. The minimum absolute atomic E-state index is 0.753. The van der Waals surface area contributed by atoms with Gasteiger partial charge in [-0.15, -0.1) is 11.3 Å². The Bertz CT molecular complexity index is 564. The van der Waals surface area contributed by atoms with Gasteiger partial charge in [0.2, 0.25) is 0 Å².